The molecule has 1 aliphatic rings. The maximum absolute atomic E-state index is 10.0. The Morgan fingerprint density at radius 1 is 0.906 bits per heavy atom. The van der Waals surface area contributed by atoms with E-state index in [0.29, 0.717) is 51.5 Å². The molecule has 4 aromatic carbocycles. The van der Waals surface area contributed by atoms with Crippen LogP contribution in [0, 0.1) is 25.2 Å². The summed E-state index contributed by atoms with van der Waals surface area (Å²) in [4.78, 5) is 2.25. The second-order valence-corrected chi connectivity index (χ2v) is 14.3. The van der Waals surface area contributed by atoms with Crippen LogP contribution in [0.5, 0.6) is 23.0 Å². The molecule has 0 aromatic heterocycles. The summed E-state index contributed by atoms with van der Waals surface area (Å²) in [6, 6.07) is 26.1. The Labute approximate surface area is 316 Å². The lowest BCUT2D eigenvalue weighted by Crippen LogP contribution is -2.34. The Balaban J connectivity index is 1.24. The second-order valence-electron chi connectivity index (χ2n) is 13.5. The molecule has 11 heteroatoms. The van der Waals surface area contributed by atoms with E-state index >= 15 is 0 Å². The third kappa shape index (κ3) is 11.1. The van der Waals surface area contributed by atoms with E-state index in [4.69, 9.17) is 24.1 Å². The minimum absolute atomic E-state index is 0.313. The molecule has 10 nitrogen and oxygen atoms in total. The molecule has 0 saturated carbocycles. The van der Waals surface area contributed by atoms with Crippen molar-refractivity contribution in [3.05, 3.63) is 106 Å². The highest BCUT2D eigenvalue weighted by Crippen LogP contribution is 2.37. The third-order valence-electron chi connectivity index (χ3n) is 9.45. The SMILES string of the molecule is Cc1cc(CN(C)CCCNCCC([Si])[C@H](O)[C@H](O)CO)c(OCc2cccc(C#N)c2)cc1OCc1cccc(-c2ccc3c(c2)OCCO3)c1C. The first kappa shape index (κ1) is 39.8. The van der Waals surface area contributed by atoms with Gasteiger partial charge in [0.1, 0.15) is 44.0 Å². The minimum atomic E-state index is -1.16. The van der Waals surface area contributed by atoms with Crippen LogP contribution in [-0.4, -0.2) is 89.2 Å². The van der Waals surface area contributed by atoms with Crippen molar-refractivity contribution in [2.45, 2.75) is 64.2 Å². The lowest BCUT2D eigenvalue weighted by atomic mass is 9.96. The van der Waals surface area contributed by atoms with Gasteiger partial charge in [-0.2, -0.15) is 5.26 Å². The van der Waals surface area contributed by atoms with E-state index in [1.807, 2.05) is 36.4 Å². The van der Waals surface area contributed by atoms with Crippen LogP contribution in [0.15, 0.2) is 72.8 Å². The molecule has 279 valence electrons. The zero-order valence-electron chi connectivity index (χ0n) is 30.8. The first-order valence-corrected chi connectivity index (χ1v) is 18.7. The van der Waals surface area contributed by atoms with Crippen molar-refractivity contribution in [3.8, 4) is 40.2 Å². The Kier molecular flexibility index (Phi) is 14.7. The van der Waals surface area contributed by atoms with Crippen LogP contribution in [0.4, 0.5) is 0 Å². The number of nitrogens with zero attached hydrogens (tertiary/aromatic N) is 2. The largest absolute Gasteiger partial charge is 0.488 e. The highest BCUT2D eigenvalue weighted by Gasteiger charge is 2.22. The maximum atomic E-state index is 10.0. The Bertz CT molecular complexity index is 1850. The molecular weight excluding hydrogens is 687 g/mol. The van der Waals surface area contributed by atoms with Gasteiger partial charge in [0, 0.05) is 28.4 Å². The summed E-state index contributed by atoms with van der Waals surface area (Å²) in [5.41, 5.74) is 7.62. The van der Waals surface area contributed by atoms with Crippen LogP contribution in [-0.2, 0) is 19.8 Å². The number of nitrogens with one attached hydrogen (secondary N) is 1. The predicted molar refractivity (Wildman–Crippen MR) is 206 cm³/mol. The number of hydrogen-bond donors (Lipinski definition) is 4. The number of aliphatic hydroxyl groups is 3. The van der Waals surface area contributed by atoms with Gasteiger partial charge < -0.3 is 44.5 Å². The van der Waals surface area contributed by atoms with Gasteiger partial charge in [-0.15, -0.1) is 0 Å². The molecule has 4 N–H and O–H groups in total. The van der Waals surface area contributed by atoms with Gasteiger partial charge in [-0.3, -0.25) is 0 Å². The monoisotopic (exact) mass is 736 g/mol. The smallest absolute Gasteiger partial charge is 0.161 e. The maximum Gasteiger partial charge on any atom is 0.161 e. The van der Waals surface area contributed by atoms with Crippen molar-refractivity contribution in [2.24, 2.45) is 0 Å². The number of fused-ring (bicyclic) bond motifs is 1. The molecule has 53 heavy (non-hydrogen) atoms. The van der Waals surface area contributed by atoms with Gasteiger partial charge in [0.25, 0.3) is 0 Å². The minimum Gasteiger partial charge on any atom is -0.488 e. The summed E-state index contributed by atoms with van der Waals surface area (Å²) in [6.45, 7) is 8.46. The van der Waals surface area contributed by atoms with Crippen molar-refractivity contribution in [1.29, 1.82) is 5.26 Å². The second kappa shape index (κ2) is 19.6. The number of nitriles is 1. The average Bonchev–Trinajstić information content (AvgIpc) is 3.18. The van der Waals surface area contributed by atoms with Gasteiger partial charge in [0.2, 0.25) is 0 Å². The molecule has 0 spiro atoms. The fourth-order valence-electron chi connectivity index (χ4n) is 6.33. The van der Waals surface area contributed by atoms with E-state index in [1.165, 1.54) is 0 Å². The molecule has 3 atom stereocenters. The number of ether oxygens (including phenoxy) is 4. The highest BCUT2D eigenvalue weighted by atomic mass is 28.1. The van der Waals surface area contributed by atoms with Crippen LogP contribution in [0.1, 0.15) is 46.2 Å². The molecule has 0 amide bonds. The lowest BCUT2D eigenvalue weighted by Gasteiger charge is -2.23. The van der Waals surface area contributed by atoms with Gasteiger partial charge in [0.15, 0.2) is 11.5 Å². The van der Waals surface area contributed by atoms with E-state index in [-0.39, 0.29) is 5.54 Å². The number of rotatable bonds is 19. The molecule has 3 radical (unpaired) electrons. The van der Waals surface area contributed by atoms with Gasteiger partial charge in [-0.1, -0.05) is 36.4 Å². The molecule has 4 aromatic rings. The van der Waals surface area contributed by atoms with E-state index in [9.17, 15) is 15.5 Å². The number of aliphatic hydroxyl groups excluding tert-OH is 3. The van der Waals surface area contributed by atoms with E-state index in [2.05, 4.69) is 77.8 Å². The fourth-order valence-corrected chi connectivity index (χ4v) is 6.69. The van der Waals surface area contributed by atoms with Crippen LogP contribution in [0.2, 0.25) is 5.54 Å². The number of benzene rings is 4. The van der Waals surface area contributed by atoms with Gasteiger partial charge in [-0.05, 0) is 123 Å². The molecule has 1 aliphatic heterocycles. The Morgan fingerprint density at radius 2 is 1.68 bits per heavy atom. The summed E-state index contributed by atoms with van der Waals surface area (Å²) >= 11 is 0. The van der Waals surface area contributed by atoms with E-state index in [0.717, 1.165) is 81.5 Å². The van der Waals surface area contributed by atoms with Crippen LogP contribution in [0.3, 0.4) is 0 Å². The molecule has 0 fully saturated rings. The van der Waals surface area contributed by atoms with Gasteiger partial charge in [0.05, 0.1) is 24.3 Å². The third-order valence-corrected chi connectivity index (χ3v) is 10.1. The molecule has 1 unspecified atom stereocenters. The normalized spacial score (nSPS) is 14.0. The van der Waals surface area contributed by atoms with E-state index < -0.39 is 18.8 Å². The molecule has 0 aliphatic carbocycles. The standard InChI is InChI=1S/C42H50N3O7Si/c1-28-19-34(24-45(3)16-6-14-44-15-13-41(53)42(48)36(47)25-46)39(51-26-31-8-4-7-30(20-31)23-43)22-38(28)52-27-33-9-5-10-35(29(33)2)32-11-12-37-40(21-32)50-18-17-49-37/h4-5,7-12,19-22,36,41-42,44,46-48H,6,13-18,24-27H2,1-3H3/t36-,41?,42-/m1/s1. The van der Waals surface area contributed by atoms with Crippen LogP contribution >= 0.6 is 0 Å². The summed E-state index contributed by atoms with van der Waals surface area (Å²) in [5, 5.41) is 41.5. The van der Waals surface area contributed by atoms with Crippen molar-refractivity contribution >= 4 is 10.2 Å². The summed E-state index contributed by atoms with van der Waals surface area (Å²) in [7, 11) is 5.54. The molecule has 0 saturated heterocycles. The first-order chi connectivity index (χ1) is 25.7. The zero-order valence-corrected chi connectivity index (χ0v) is 31.8. The highest BCUT2D eigenvalue weighted by molar-refractivity contribution is 6.12. The summed E-state index contributed by atoms with van der Waals surface area (Å²) in [5.74, 6) is 3.00. The lowest BCUT2D eigenvalue weighted by molar-refractivity contribution is -0.0176. The van der Waals surface area contributed by atoms with Crippen molar-refractivity contribution in [2.75, 3.05) is 46.5 Å². The molecule has 5 rings (SSSR count). The van der Waals surface area contributed by atoms with Crippen LogP contribution < -0.4 is 24.3 Å². The Morgan fingerprint density at radius 3 is 2.47 bits per heavy atom. The predicted octanol–water partition coefficient (Wildman–Crippen LogP) is 5.24. The number of aryl methyl sites for hydroxylation is 1. The fraction of sp³-hybridized carbons (Fsp3) is 0.405. The Hall–Kier alpha value is -4.41. The quantitative estimate of drug-likeness (QED) is 0.0748. The van der Waals surface area contributed by atoms with Crippen molar-refractivity contribution in [1.82, 2.24) is 10.2 Å². The molecule has 0 bridgehead atoms. The molecule has 1 heterocycles. The average molecular weight is 737 g/mol. The molecular formula is C42H50N3O7Si. The van der Waals surface area contributed by atoms with Crippen molar-refractivity contribution in [3.63, 3.8) is 0 Å². The zero-order chi connectivity index (χ0) is 37.7. The topological polar surface area (TPSA) is 137 Å². The van der Waals surface area contributed by atoms with Crippen molar-refractivity contribution < 1.29 is 34.3 Å². The van der Waals surface area contributed by atoms with Gasteiger partial charge >= 0.3 is 0 Å². The number of hydrogen-bond acceptors (Lipinski definition) is 10. The van der Waals surface area contributed by atoms with Gasteiger partial charge in [-0.25, -0.2) is 0 Å². The first-order valence-electron chi connectivity index (χ1n) is 18.1. The summed E-state index contributed by atoms with van der Waals surface area (Å²) < 4.78 is 24.5. The van der Waals surface area contributed by atoms with E-state index in [1.54, 1.807) is 6.07 Å². The van der Waals surface area contributed by atoms with Crippen LogP contribution in [0.25, 0.3) is 11.1 Å². The summed E-state index contributed by atoms with van der Waals surface area (Å²) in [6.07, 6.45) is -0.663.